The summed E-state index contributed by atoms with van der Waals surface area (Å²) in [7, 11) is 0. The zero-order chi connectivity index (χ0) is 10.7. The summed E-state index contributed by atoms with van der Waals surface area (Å²) in [6.45, 7) is 3.69. The van der Waals surface area contributed by atoms with E-state index in [1.54, 1.807) is 0 Å². The van der Waals surface area contributed by atoms with Gasteiger partial charge in [-0.2, -0.15) is 0 Å². The molecule has 1 heterocycles. The smallest absolute Gasteiger partial charge is 0.303 e. The van der Waals surface area contributed by atoms with Crippen molar-refractivity contribution >= 4 is 5.97 Å². The van der Waals surface area contributed by atoms with Gasteiger partial charge in [-0.1, -0.05) is 0 Å². The summed E-state index contributed by atoms with van der Waals surface area (Å²) in [5.74, 6) is -0.467. The fraction of sp³-hybridized carbons (Fsp3) is 0.556. The van der Waals surface area contributed by atoms with Crippen LogP contribution in [0.3, 0.4) is 0 Å². The van der Waals surface area contributed by atoms with Gasteiger partial charge >= 0.3 is 5.97 Å². The number of rotatable bonds is 4. The van der Waals surface area contributed by atoms with E-state index in [9.17, 15) is 9.90 Å². The molecular weight excluding hydrogens is 184 g/mol. The van der Waals surface area contributed by atoms with Crippen LogP contribution in [0.2, 0.25) is 0 Å². The number of aromatic amines is 1. The lowest BCUT2D eigenvalue weighted by molar-refractivity contribution is -0.137. The van der Waals surface area contributed by atoms with Crippen LogP contribution in [0.5, 0.6) is 0 Å². The van der Waals surface area contributed by atoms with Crippen LogP contribution in [0.1, 0.15) is 36.2 Å². The first kappa shape index (κ1) is 10.7. The van der Waals surface area contributed by atoms with Crippen molar-refractivity contribution in [3.63, 3.8) is 0 Å². The lowest BCUT2D eigenvalue weighted by atomic mass is 10.2. The summed E-state index contributed by atoms with van der Waals surface area (Å²) in [6, 6.07) is 0. The molecule has 0 saturated carbocycles. The number of hydrogen-bond acceptors (Lipinski definition) is 3. The Morgan fingerprint density at radius 2 is 2.21 bits per heavy atom. The van der Waals surface area contributed by atoms with Crippen molar-refractivity contribution in [3.8, 4) is 0 Å². The van der Waals surface area contributed by atoms with Crippen LogP contribution in [0.15, 0.2) is 0 Å². The predicted octanol–water partition coefficient (Wildman–Crippen LogP) is 0.925. The molecule has 0 spiro atoms. The summed E-state index contributed by atoms with van der Waals surface area (Å²) in [5, 5.41) is 18.0. The summed E-state index contributed by atoms with van der Waals surface area (Å²) >= 11 is 0. The van der Waals surface area contributed by atoms with Gasteiger partial charge in [-0.25, -0.2) is 4.98 Å². The number of hydrogen-bond donors (Lipinski definition) is 3. The van der Waals surface area contributed by atoms with Gasteiger partial charge in [0.15, 0.2) is 0 Å². The van der Waals surface area contributed by atoms with E-state index < -0.39 is 12.1 Å². The second kappa shape index (κ2) is 4.23. The number of nitrogens with one attached hydrogen (secondary N) is 1. The van der Waals surface area contributed by atoms with Gasteiger partial charge in [-0.15, -0.1) is 0 Å². The Morgan fingerprint density at radius 3 is 2.64 bits per heavy atom. The molecule has 0 saturated heterocycles. The second-order valence-corrected chi connectivity index (χ2v) is 3.28. The van der Waals surface area contributed by atoms with E-state index in [2.05, 4.69) is 9.97 Å². The molecular formula is C9H14N2O3. The molecule has 0 aliphatic rings. The predicted molar refractivity (Wildman–Crippen MR) is 49.9 cm³/mol. The van der Waals surface area contributed by atoms with Crippen molar-refractivity contribution in [2.75, 3.05) is 0 Å². The number of nitrogens with zero attached hydrogens (tertiary/aromatic N) is 1. The van der Waals surface area contributed by atoms with Crippen LogP contribution >= 0.6 is 0 Å². The van der Waals surface area contributed by atoms with Crippen LogP contribution < -0.4 is 0 Å². The maximum atomic E-state index is 10.3. The van der Waals surface area contributed by atoms with Crippen LogP contribution in [0, 0.1) is 13.8 Å². The average molecular weight is 198 g/mol. The number of imidazole rings is 1. The molecule has 5 nitrogen and oxygen atoms in total. The molecule has 1 atom stereocenters. The first-order chi connectivity index (χ1) is 6.50. The Hall–Kier alpha value is -1.36. The first-order valence-corrected chi connectivity index (χ1v) is 4.43. The largest absolute Gasteiger partial charge is 0.481 e. The standard InChI is InChI=1S/C9H14N2O3/c1-5-6(2)11-9(10-5)7(12)3-4-8(13)14/h7,12H,3-4H2,1-2H3,(H,10,11)(H,13,14). The normalized spacial score (nSPS) is 12.8. The molecule has 0 aliphatic heterocycles. The van der Waals surface area contributed by atoms with Crippen molar-refractivity contribution < 1.29 is 15.0 Å². The van der Waals surface area contributed by atoms with Crippen molar-refractivity contribution in [1.29, 1.82) is 0 Å². The summed E-state index contributed by atoms with van der Waals surface area (Å²) in [6.07, 6.45) is -0.694. The fourth-order valence-corrected chi connectivity index (χ4v) is 1.13. The van der Waals surface area contributed by atoms with Crippen LogP contribution in [-0.2, 0) is 4.79 Å². The van der Waals surface area contributed by atoms with Crippen molar-refractivity contribution in [2.45, 2.75) is 32.8 Å². The molecule has 5 heteroatoms. The topological polar surface area (TPSA) is 86.2 Å². The monoisotopic (exact) mass is 198 g/mol. The van der Waals surface area contributed by atoms with Gasteiger partial charge in [-0.3, -0.25) is 4.79 Å². The molecule has 0 bridgehead atoms. The molecule has 3 N–H and O–H groups in total. The Labute approximate surface area is 81.8 Å². The number of aryl methyl sites for hydroxylation is 2. The Kier molecular flexibility index (Phi) is 3.24. The van der Waals surface area contributed by atoms with E-state index in [1.807, 2.05) is 13.8 Å². The molecule has 0 amide bonds. The van der Waals surface area contributed by atoms with Crippen molar-refractivity contribution in [1.82, 2.24) is 9.97 Å². The molecule has 1 aromatic heterocycles. The third-order valence-electron chi connectivity index (χ3n) is 2.09. The highest BCUT2D eigenvalue weighted by molar-refractivity contribution is 5.66. The summed E-state index contributed by atoms with van der Waals surface area (Å²) < 4.78 is 0. The number of aromatic nitrogens is 2. The molecule has 1 aromatic rings. The minimum atomic E-state index is -0.913. The molecule has 1 rings (SSSR count). The molecule has 0 fully saturated rings. The second-order valence-electron chi connectivity index (χ2n) is 3.28. The summed E-state index contributed by atoms with van der Waals surface area (Å²) in [5.41, 5.74) is 1.73. The third-order valence-corrected chi connectivity index (χ3v) is 2.09. The van der Waals surface area contributed by atoms with Gasteiger partial charge in [0.2, 0.25) is 0 Å². The number of aliphatic hydroxyl groups is 1. The average Bonchev–Trinajstić information content (AvgIpc) is 2.43. The van der Waals surface area contributed by atoms with Crippen molar-refractivity contribution in [2.24, 2.45) is 0 Å². The zero-order valence-corrected chi connectivity index (χ0v) is 8.24. The molecule has 78 valence electrons. The number of aliphatic hydroxyl groups excluding tert-OH is 1. The quantitative estimate of drug-likeness (QED) is 0.671. The number of carboxylic acids is 1. The maximum Gasteiger partial charge on any atom is 0.303 e. The van der Waals surface area contributed by atoms with Crippen molar-refractivity contribution in [3.05, 3.63) is 17.2 Å². The molecule has 0 radical (unpaired) electrons. The summed E-state index contributed by atoms with van der Waals surface area (Å²) in [4.78, 5) is 17.3. The van der Waals surface area contributed by atoms with Gasteiger partial charge in [0.1, 0.15) is 11.9 Å². The number of aliphatic carboxylic acids is 1. The minimum Gasteiger partial charge on any atom is -0.481 e. The number of carbonyl (C=O) groups is 1. The number of carboxylic acid groups (broad SMARTS) is 1. The van der Waals surface area contributed by atoms with Crippen LogP contribution in [0.25, 0.3) is 0 Å². The zero-order valence-electron chi connectivity index (χ0n) is 8.24. The number of H-pyrrole nitrogens is 1. The van der Waals surface area contributed by atoms with Gasteiger partial charge in [0.05, 0.1) is 5.69 Å². The first-order valence-electron chi connectivity index (χ1n) is 4.43. The van der Waals surface area contributed by atoms with E-state index >= 15 is 0 Å². The fourth-order valence-electron chi connectivity index (χ4n) is 1.13. The van der Waals surface area contributed by atoms with E-state index in [1.165, 1.54) is 0 Å². The highest BCUT2D eigenvalue weighted by Gasteiger charge is 2.13. The van der Waals surface area contributed by atoms with E-state index in [-0.39, 0.29) is 12.8 Å². The highest BCUT2D eigenvalue weighted by atomic mass is 16.4. The molecule has 14 heavy (non-hydrogen) atoms. The van der Waals surface area contributed by atoms with Gasteiger partial charge in [-0.05, 0) is 20.3 Å². The Balaban J connectivity index is 2.60. The molecule has 0 aromatic carbocycles. The van der Waals surface area contributed by atoms with Crippen LogP contribution in [0.4, 0.5) is 0 Å². The Bertz CT molecular complexity index is 313. The lowest BCUT2D eigenvalue weighted by Crippen LogP contribution is -2.04. The SMILES string of the molecule is Cc1nc(C(O)CCC(=O)O)[nH]c1C. The van der Waals surface area contributed by atoms with E-state index in [0.717, 1.165) is 11.4 Å². The third kappa shape index (κ3) is 2.56. The van der Waals surface area contributed by atoms with Crippen LogP contribution in [-0.4, -0.2) is 26.2 Å². The lowest BCUT2D eigenvalue weighted by Gasteiger charge is -2.04. The maximum absolute atomic E-state index is 10.3. The van der Waals surface area contributed by atoms with E-state index in [4.69, 9.17) is 5.11 Å². The highest BCUT2D eigenvalue weighted by Crippen LogP contribution is 2.16. The minimum absolute atomic E-state index is 0.0556. The van der Waals surface area contributed by atoms with Gasteiger partial charge in [0, 0.05) is 12.1 Å². The Morgan fingerprint density at radius 1 is 1.57 bits per heavy atom. The van der Waals surface area contributed by atoms with Gasteiger partial charge < -0.3 is 15.2 Å². The molecule has 0 aliphatic carbocycles. The molecule has 1 unspecified atom stereocenters. The van der Waals surface area contributed by atoms with E-state index in [0.29, 0.717) is 5.82 Å². The van der Waals surface area contributed by atoms with Gasteiger partial charge in [0.25, 0.3) is 0 Å².